The van der Waals surface area contributed by atoms with Crippen LogP contribution in [0, 0.1) is 0 Å². The van der Waals surface area contributed by atoms with Crippen LogP contribution in [-0.2, 0) is 16.0 Å². The minimum absolute atomic E-state index is 0.0692. The Hall–Kier alpha value is -1.95. The molecule has 0 bridgehead atoms. The molecular formula is C12H15N3O3. The summed E-state index contributed by atoms with van der Waals surface area (Å²) in [6.07, 6.45) is 3.22. The van der Waals surface area contributed by atoms with E-state index in [9.17, 15) is 9.59 Å². The maximum Gasteiger partial charge on any atom is 0.309 e. The molecule has 2 heterocycles. The van der Waals surface area contributed by atoms with Crippen LogP contribution in [0.2, 0.25) is 0 Å². The van der Waals surface area contributed by atoms with Crippen molar-refractivity contribution in [1.82, 2.24) is 10.3 Å². The molecule has 6 heteroatoms. The zero-order valence-corrected chi connectivity index (χ0v) is 9.85. The van der Waals surface area contributed by atoms with Gasteiger partial charge in [-0.3, -0.25) is 14.6 Å². The number of nitrogens with zero attached hydrogens (tertiary/aromatic N) is 1. The summed E-state index contributed by atoms with van der Waals surface area (Å²) in [5, 5.41) is 14.5. The fraction of sp³-hybridized carbons (Fsp3) is 0.417. The Balaban J connectivity index is 1.93. The van der Waals surface area contributed by atoms with Crippen molar-refractivity contribution in [2.24, 2.45) is 0 Å². The molecule has 96 valence electrons. The molecule has 1 aliphatic rings. The van der Waals surface area contributed by atoms with Crippen LogP contribution in [-0.4, -0.2) is 34.6 Å². The Kier molecular flexibility index (Phi) is 3.88. The Morgan fingerprint density at radius 2 is 2.33 bits per heavy atom. The predicted molar refractivity (Wildman–Crippen MR) is 65.2 cm³/mol. The number of aromatic nitrogens is 1. The van der Waals surface area contributed by atoms with Crippen molar-refractivity contribution in [2.45, 2.75) is 25.3 Å². The molecule has 1 aliphatic heterocycles. The van der Waals surface area contributed by atoms with E-state index in [0.717, 1.165) is 19.4 Å². The molecule has 1 aromatic heterocycles. The van der Waals surface area contributed by atoms with Crippen molar-refractivity contribution in [1.29, 1.82) is 0 Å². The Morgan fingerprint density at radius 1 is 1.50 bits per heavy atom. The van der Waals surface area contributed by atoms with Crippen LogP contribution in [0.15, 0.2) is 18.3 Å². The largest absolute Gasteiger partial charge is 0.481 e. The van der Waals surface area contributed by atoms with Gasteiger partial charge in [0.1, 0.15) is 0 Å². The van der Waals surface area contributed by atoms with E-state index < -0.39 is 5.97 Å². The van der Waals surface area contributed by atoms with Gasteiger partial charge in [-0.15, -0.1) is 0 Å². The first kappa shape index (κ1) is 12.5. The van der Waals surface area contributed by atoms with Crippen molar-refractivity contribution in [3.05, 3.63) is 24.0 Å². The number of hydrogen-bond acceptors (Lipinski definition) is 4. The highest BCUT2D eigenvalue weighted by Gasteiger charge is 2.21. The Labute approximate surface area is 104 Å². The molecule has 1 atom stereocenters. The van der Waals surface area contributed by atoms with E-state index in [1.807, 2.05) is 0 Å². The van der Waals surface area contributed by atoms with Gasteiger partial charge in [0.15, 0.2) is 0 Å². The smallest absolute Gasteiger partial charge is 0.309 e. The number of amides is 1. The Bertz CT molecular complexity index is 438. The number of rotatable bonds is 4. The topological polar surface area (TPSA) is 91.3 Å². The second kappa shape index (κ2) is 5.59. The summed E-state index contributed by atoms with van der Waals surface area (Å²) in [4.78, 5) is 26.3. The molecule has 0 spiro atoms. The average molecular weight is 249 g/mol. The fourth-order valence-electron chi connectivity index (χ4n) is 1.90. The van der Waals surface area contributed by atoms with E-state index in [1.54, 1.807) is 12.1 Å². The van der Waals surface area contributed by atoms with Gasteiger partial charge in [0.05, 0.1) is 30.0 Å². The van der Waals surface area contributed by atoms with E-state index in [1.165, 1.54) is 6.20 Å². The maximum atomic E-state index is 11.8. The van der Waals surface area contributed by atoms with Crippen molar-refractivity contribution in [3.8, 4) is 0 Å². The minimum atomic E-state index is -0.922. The third kappa shape index (κ3) is 3.27. The molecule has 6 nitrogen and oxygen atoms in total. The van der Waals surface area contributed by atoms with Gasteiger partial charge in [-0.05, 0) is 31.5 Å². The Morgan fingerprint density at radius 3 is 2.89 bits per heavy atom. The van der Waals surface area contributed by atoms with Gasteiger partial charge in [-0.2, -0.15) is 0 Å². The quantitative estimate of drug-likeness (QED) is 0.718. The summed E-state index contributed by atoms with van der Waals surface area (Å²) < 4.78 is 0. The lowest BCUT2D eigenvalue weighted by Crippen LogP contribution is -2.35. The molecule has 1 fully saturated rings. The molecular weight excluding hydrogens is 234 g/mol. The van der Waals surface area contributed by atoms with Crippen LogP contribution in [0.3, 0.4) is 0 Å². The van der Waals surface area contributed by atoms with Crippen LogP contribution < -0.4 is 10.6 Å². The van der Waals surface area contributed by atoms with E-state index >= 15 is 0 Å². The zero-order chi connectivity index (χ0) is 13.0. The van der Waals surface area contributed by atoms with Crippen LogP contribution in [0.4, 0.5) is 5.69 Å². The summed E-state index contributed by atoms with van der Waals surface area (Å²) in [7, 11) is 0. The summed E-state index contributed by atoms with van der Waals surface area (Å²) in [5.74, 6) is -0.991. The molecule has 1 saturated heterocycles. The van der Waals surface area contributed by atoms with Gasteiger partial charge >= 0.3 is 5.97 Å². The third-order valence-corrected chi connectivity index (χ3v) is 2.80. The number of carbonyl (C=O) groups excluding carboxylic acids is 1. The van der Waals surface area contributed by atoms with Crippen molar-refractivity contribution in [3.63, 3.8) is 0 Å². The van der Waals surface area contributed by atoms with E-state index in [2.05, 4.69) is 15.6 Å². The van der Waals surface area contributed by atoms with E-state index in [4.69, 9.17) is 5.11 Å². The predicted octanol–water partition coefficient (Wildman–Crippen LogP) is 0.399. The molecule has 0 saturated carbocycles. The minimum Gasteiger partial charge on any atom is -0.481 e. The van der Waals surface area contributed by atoms with Gasteiger partial charge in [-0.25, -0.2) is 0 Å². The van der Waals surface area contributed by atoms with Crippen molar-refractivity contribution in [2.75, 3.05) is 11.9 Å². The van der Waals surface area contributed by atoms with Crippen molar-refractivity contribution < 1.29 is 14.7 Å². The second-order valence-electron chi connectivity index (χ2n) is 4.25. The lowest BCUT2D eigenvalue weighted by Gasteiger charge is -2.10. The third-order valence-electron chi connectivity index (χ3n) is 2.80. The zero-order valence-electron chi connectivity index (χ0n) is 9.85. The fourth-order valence-corrected chi connectivity index (χ4v) is 1.90. The average Bonchev–Trinajstić information content (AvgIpc) is 2.84. The van der Waals surface area contributed by atoms with Gasteiger partial charge < -0.3 is 15.7 Å². The van der Waals surface area contributed by atoms with Crippen LogP contribution in [0.5, 0.6) is 0 Å². The van der Waals surface area contributed by atoms with Crippen LogP contribution in [0.1, 0.15) is 18.5 Å². The first-order valence-corrected chi connectivity index (χ1v) is 5.86. The number of anilines is 1. The van der Waals surface area contributed by atoms with Gasteiger partial charge in [-0.1, -0.05) is 0 Å². The molecule has 3 N–H and O–H groups in total. The maximum absolute atomic E-state index is 11.8. The number of aliphatic carboxylic acids is 1. The van der Waals surface area contributed by atoms with Gasteiger partial charge in [0.2, 0.25) is 5.91 Å². The number of nitrogens with one attached hydrogen (secondary N) is 2. The molecule has 18 heavy (non-hydrogen) atoms. The number of carboxylic acids is 1. The first-order chi connectivity index (χ1) is 8.65. The standard InChI is InChI=1S/C12H15N3O3/c16-11(17)6-8-3-4-9(7-14-8)15-12(18)10-2-1-5-13-10/h3-4,7,10,13H,1-2,5-6H2,(H,15,18)(H,16,17)/t10-/m1/s1. The summed E-state index contributed by atoms with van der Waals surface area (Å²) in [6, 6.07) is 3.13. The first-order valence-electron chi connectivity index (χ1n) is 5.86. The summed E-state index contributed by atoms with van der Waals surface area (Å²) >= 11 is 0. The van der Waals surface area contributed by atoms with Crippen molar-refractivity contribution >= 4 is 17.6 Å². The molecule has 1 amide bonds. The van der Waals surface area contributed by atoms with Gasteiger partial charge in [0.25, 0.3) is 0 Å². The highest BCUT2D eigenvalue weighted by Crippen LogP contribution is 2.10. The molecule has 1 aromatic rings. The van der Waals surface area contributed by atoms with E-state index in [-0.39, 0.29) is 18.4 Å². The van der Waals surface area contributed by atoms with Crippen LogP contribution in [0.25, 0.3) is 0 Å². The highest BCUT2D eigenvalue weighted by molar-refractivity contribution is 5.94. The number of carboxylic acid groups (broad SMARTS) is 1. The van der Waals surface area contributed by atoms with Gasteiger partial charge in [0, 0.05) is 0 Å². The number of hydrogen-bond donors (Lipinski definition) is 3. The molecule has 2 rings (SSSR count). The lowest BCUT2D eigenvalue weighted by molar-refractivity contribution is -0.136. The molecule has 0 radical (unpaired) electrons. The lowest BCUT2D eigenvalue weighted by atomic mass is 10.2. The number of pyridine rings is 1. The second-order valence-corrected chi connectivity index (χ2v) is 4.25. The number of carbonyl (C=O) groups is 2. The highest BCUT2D eigenvalue weighted by atomic mass is 16.4. The molecule has 0 aliphatic carbocycles. The summed E-state index contributed by atoms with van der Waals surface area (Å²) in [6.45, 7) is 0.869. The monoisotopic (exact) mass is 249 g/mol. The molecule has 0 aromatic carbocycles. The summed E-state index contributed by atoms with van der Waals surface area (Å²) in [5.41, 5.74) is 1.06. The van der Waals surface area contributed by atoms with E-state index in [0.29, 0.717) is 11.4 Å². The van der Waals surface area contributed by atoms with Crippen LogP contribution >= 0.6 is 0 Å². The SMILES string of the molecule is O=C(O)Cc1ccc(NC(=O)[C@H]2CCCN2)cn1. The molecule has 0 unspecified atom stereocenters. The normalized spacial score (nSPS) is 18.6.